The Morgan fingerprint density at radius 1 is 1.27 bits per heavy atom. The van der Waals surface area contributed by atoms with Crippen LogP contribution < -0.4 is 4.74 Å². The van der Waals surface area contributed by atoms with Gasteiger partial charge in [0.1, 0.15) is 5.82 Å². The number of phenolic OH excluding ortho intramolecular Hbond substituents is 1. The van der Waals surface area contributed by atoms with Gasteiger partial charge in [-0.3, -0.25) is 4.79 Å². The summed E-state index contributed by atoms with van der Waals surface area (Å²) in [7, 11) is 1.47. The Morgan fingerprint density at radius 2 is 2.09 bits per heavy atom. The normalized spacial score (nSPS) is 15.7. The predicted molar refractivity (Wildman–Crippen MR) is 84.1 cm³/mol. The van der Waals surface area contributed by atoms with Crippen LogP contribution in [0.1, 0.15) is 15.9 Å². The van der Waals surface area contributed by atoms with Gasteiger partial charge in [0, 0.05) is 21.8 Å². The summed E-state index contributed by atoms with van der Waals surface area (Å²) in [4.78, 5) is 13.2. The molecule has 3 rings (SSSR count). The molecule has 2 aromatic carbocycles. The number of hydrogen-bond acceptors (Lipinski definition) is 4. The van der Waals surface area contributed by atoms with E-state index in [-0.39, 0.29) is 11.5 Å². The molecular formula is C17H13FO3S. The third kappa shape index (κ3) is 2.72. The Balaban J connectivity index is 1.96. The minimum Gasteiger partial charge on any atom is -0.504 e. The second kappa shape index (κ2) is 5.85. The minimum atomic E-state index is -0.420. The van der Waals surface area contributed by atoms with Gasteiger partial charge in [0.05, 0.1) is 7.11 Å². The molecule has 0 aliphatic carbocycles. The van der Waals surface area contributed by atoms with E-state index >= 15 is 0 Å². The van der Waals surface area contributed by atoms with E-state index in [0.29, 0.717) is 28.2 Å². The van der Waals surface area contributed by atoms with E-state index in [1.54, 1.807) is 24.3 Å². The molecule has 1 aliphatic rings. The molecule has 22 heavy (non-hydrogen) atoms. The monoisotopic (exact) mass is 316 g/mol. The molecule has 0 saturated carbocycles. The van der Waals surface area contributed by atoms with Crippen molar-refractivity contribution in [1.29, 1.82) is 0 Å². The predicted octanol–water partition coefficient (Wildman–Crippen LogP) is 3.91. The number of fused-ring (bicyclic) bond motifs is 1. The molecule has 0 saturated heterocycles. The fourth-order valence-electron chi connectivity index (χ4n) is 2.30. The van der Waals surface area contributed by atoms with Crippen LogP contribution in [-0.4, -0.2) is 23.8 Å². The summed E-state index contributed by atoms with van der Waals surface area (Å²) in [6.07, 6.45) is 1.71. The van der Waals surface area contributed by atoms with Crippen molar-refractivity contribution in [1.82, 2.24) is 0 Å². The summed E-state index contributed by atoms with van der Waals surface area (Å²) in [6, 6.07) is 9.17. The zero-order valence-electron chi connectivity index (χ0n) is 11.8. The molecule has 1 N–H and O–H groups in total. The number of benzene rings is 2. The van der Waals surface area contributed by atoms with Crippen molar-refractivity contribution in [3.8, 4) is 11.5 Å². The van der Waals surface area contributed by atoms with Crippen LogP contribution in [0.5, 0.6) is 11.5 Å². The number of aromatic hydroxyl groups is 1. The maximum Gasteiger partial charge on any atom is 0.191 e. The minimum absolute atomic E-state index is 0.0132. The largest absolute Gasteiger partial charge is 0.504 e. The molecule has 2 aromatic rings. The third-order valence-corrected chi connectivity index (χ3v) is 4.53. The quantitative estimate of drug-likeness (QED) is 0.853. The van der Waals surface area contributed by atoms with E-state index in [1.807, 2.05) is 0 Å². The fraction of sp³-hybridized carbons (Fsp3) is 0.118. The second-order valence-electron chi connectivity index (χ2n) is 4.86. The number of carbonyl (C=O) groups is 1. The van der Waals surface area contributed by atoms with Crippen LogP contribution in [0.25, 0.3) is 6.08 Å². The lowest BCUT2D eigenvalue weighted by molar-refractivity contribution is 0.103. The van der Waals surface area contributed by atoms with Gasteiger partial charge in [0.15, 0.2) is 17.3 Å². The first kappa shape index (κ1) is 14.7. The van der Waals surface area contributed by atoms with Crippen LogP contribution in [0.15, 0.2) is 46.9 Å². The first-order valence-corrected chi connectivity index (χ1v) is 7.61. The molecule has 0 spiro atoms. The van der Waals surface area contributed by atoms with Gasteiger partial charge in [-0.2, -0.15) is 0 Å². The Kier molecular flexibility index (Phi) is 3.90. The van der Waals surface area contributed by atoms with E-state index in [4.69, 9.17) is 4.74 Å². The number of carbonyl (C=O) groups excluding carboxylic acids is 1. The van der Waals surface area contributed by atoms with Crippen LogP contribution in [-0.2, 0) is 0 Å². The van der Waals surface area contributed by atoms with Crippen LogP contribution in [0.2, 0.25) is 0 Å². The number of halogens is 1. The molecule has 0 radical (unpaired) electrons. The Morgan fingerprint density at radius 3 is 2.82 bits per heavy atom. The molecular weight excluding hydrogens is 303 g/mol. The number of thioether (sulfide) groups is 1. The first-order valence-electron chi connectivity index (χ1n) is 6.63. The van der Waals surface area contributed by atoms with E-state index in [9.17, 15) is 14.3 Å². The number of ketones is 1. The lowest BCUT2D eigenvalue weighted by Gasteiger charge is -2.17. The standard InChI is InChI=1S/C17H13FO3S/c1-21-15-4-2-10(7-14(15)19)6-11-9-22-16-5-3-12(18)8-13(16)17(11)20/h2-8,19H,9H2,1H3/b11-6-. The summed E-state index contributed by atoms with van der Waals surface area (Å²) in [5.74, 6) is 0.308. The Hall–Kier alpha value is -2.27. The summed E-state index contributed by atoms with van der Waals surface area (Å²) in [5.41, 5.74) is 1.66. The molecule has 0 aromatic heterocycles. The zero-order valence-corrected chi connectivity index (χ0v) is 12.6. The lowest BCUT2D eigenvalue weighted by atomic mass is 10.0. The molecule has 3 nitrogen and oxygen atoms in total. The van der Waals surface area contributed by atoms with Crippen molar-refractivity contribution >= 4 is 23.6 Å². The molecule has 0 fully saturated rings. The number of methoxy groups -OCH3 is 1. The highest BCUT2D eigenvalue weighted by Gasteiger charge is 2.23. The Bertz CT molecular complexity index is 783. The SMILES string of the molecule is COc1ccc(/C=C2/CSc3ccc(F)cc3C2=O)cc1O. The highest BCUT2D eigenvalue weighted by atomic mass is 32.2. The van der Waals surface area contributed by atoms with Gasteiger partial charge in [0.25, 0.3) is 0 Å². The van der Waals surface area contributed by atoms with E-state index < -0.39 is 5.82 Å². The van der Waals surface area contributed by atoms with E-state index in [2.05, 4.69) is 0 Å². The number of Topliss-reactive ketones (excluding diaryl/α,β-unsaturated/α-hetero) is 1. The van der Waals surface area contributed by atoms with Gasteiger partial charge in [-0.15, -0.1) is 11.8 Å². The second-order valence-corrected chi connectivity index (χ2v) is 5.88. The number of phenols is 1. The fourth-order valence-corrected chi connectivity index (χ4v) is 3.30. The van der Waals surface area contributed by atoms with Gasteiger partial charge in [0.2, 0.25) is 0 Å². The van der Waals surface area contributed by atoms with Crippen molar-refractivity contribution in [3.05, 3.63) is 58.9 Å². The van der Waals surface area contributed by atoms with Gasteiger partial charge in [-0.1, -0.05) is 6.07 Å². The summed E-state index contributed by atoms with van der Waals surface area (Å²) < 4.78 is 18.3. The van der Waals surface area contributed by atoms with Crippen LogP contribution in [0.4, 0.5) is 4.39 Å². The molecule has 1 aliphatic heterocycles. The first-order chi connectivity index (χ1) is 10.6. The summed E-state index contributed by atoms with van der Waals surface area (Å²) in [6.45, 7) is 0. The van der Waals surface area contributed by atoms with Crippen molar-refractivity contribution < 1.29 is 19.0 Å². The molecule has 0 bridgehead atoms. The average molecular weight is 316 g/mol. The van der Waals surface area contributed by atoms with Crippen LogP contribution >= 0.6 is 11.8 Å². The third-order valence-electron chi connectivity index (χ3n) is 3.40. The van der Waals surface area contributed by atoms with Gasteiger partial charge >= 0.3 is 0 Å². The average Bonchev–Trinajstić information content (AvgIpc) is 2.51. The van der Waals surface area contributed by atoms with Gasteiger partial charge in [-0.05, 0) is 42.0 Å². The van der Waals surface area contributed by atoms with Crippen LogP contribution in [0.3, 0.4) is 0 Å². The maximum atomic E-state index is 13.3. The van der Waals surface area contributed by atoms with E-state index in [1.165, 1.54) is 37.1 Å². The highest BCUT2D eigenvalue weighted by Crippen LogP contribution is 2.34. The molecule has 1 heterocycles. The molecule has 0 atom stereocenters. The smallest absolute Gasteiger partial charge is 0.191 e. The molecule has 0 amide bonds. The Labute approximate surface area is 131 Å². The van der Waals surface area contributed by atoms with Crippen molar-refractivity contribution in [2.24, 2.45) is 0 Å². The molecule has 0 unspecified atom stereocenters. The topological polar surface area (TPSA) is 46.5 Å². The summed E-state index contributed by atoms with van der Waals surface area (Å²) in [5, 5.41) is 9.79. The van der Waals surface area contributed by atoms with Crippen molar-refractivity contribution in [2.45, 2.75) is 4.90 Å². The number of rotatable bonds is 2. The number of hydrogen-bond donors (Lipinski definition) is 1. The van der Waals surface area contributed by atoms with Crippen molar-refractivity contribution in [3.63, 3.8) is 0 Å². The van der Waals surface area contributed by atoms with Gasteiger partial charge in [-0.25, -0.2) is 4.39 Å². The molecule has 112 valence electrons. The van der Waals surface area contributed by atoms with Crippen molar-refractivity contribution in [2.75, 3.05) is 12.9 Å². The van der Waals surface area contributed by atoms with Gasteiger partial charge < -0.3 is 9.84 Å². The highest BCUT2D eigenvalue weighted by molar-refractivity contribution is 7.99. The summed E-state index contributed by atoms with van der Waals surface area (Å²) >= 11 is 1.50. The van der Waals surface area contributed by atoms with E-state index in [0.717, 1.165) is 4.90 Å². The maximum absolute atomic E-state index is 13.3. The number of ether oxygens (including phenoxy) is 1. The zero-order chi connectivity index (χ0) is 15.7. The molecule has 5 heteroatoms. The van der Waals surface area contributed by atoms with Crippen LogP contribution in [0, 0.1) is 5.82 Å². The lowest BCUT2D eigenvalue weighted by Crippen LogP contribution is -2.12.